The molecule has 0 atom stereocenters. The Bertz CT molecular complexity index is 1230. The van der Waals surface area contributed by atoms with Gasteiger partial charge < -0.3 is 5.32 Å². The number of carbonyl (C=O) groups is 1. The van der Waals surface area contributed by atoms with Gasteiger partial charge in [-0.05, 0) is 36.4 Å². The SMILES string of the molecule is O=C(CS(=O)(=O)c1ccc(Cl)cc1)Nc1nc(-c2nc3ccccc3s2)cs1. The number of hydrogen-bond donors (Lipinski definition) is 1. The summed E-state index contributed by atoms with van der Waals surface area (Å²) in [6.07, 6.45) is 0. The number of carbonyl (C=O) groups excluding carboxylic acids is 1. The molecule has 4 aromatic rings. The van der Waals surface area contributed by atoms with Crippen molar-refractivity contribution in [1.29, 1.82) is 0 Å². The van der Waals surface area contributed by atoms with Gasteiger partial charge in [0, 0.05) is 10.4 Å². The summed E-state index contributed by atoms with van der Waals surface area (Å²) in [7, 11) is -3.76. The first-order chi connectivity index (χ1) is 13.4. The van der Waals surface area contributed by atoms with Gasteiger partial charge in [0.15, 0.2) is 15.0 Å². The molecule has 0 aliphatic heterocycles. The van der Waals surface area contributed by atoms with Crippen molar-refractivity contribution >= 4 is 65.4 Å². The zero-order valence-electron chi connectivity index (χ0n) is 14.1. The minimum absolute atomic E-state index is 0.0429. The molecule has 0 aliphatic rings. The minimum Gasteiger partial charge on any atom is -0.301 e. The van der Waals surface area contributed by atoms with Crippen molar-refractivity contribution < 1.29 is 13.2 Å². The van der Waals surface area contributed by atoms with Gasteiger partial charge >= 0.3 is 0 Å². The third kappa shape index (κ3) is 4.07. The van der Waals surface area contributed by atoms with Gasteiger partial charge in [-0.2, -0.15) is 0 Å². The van der Waals surface area contributed by atoms with Crippen molar-refractivity contribution in [2.45, 2.75) is 4.90 Å². The number of rotatable bonds is 5. The quantitative estimate of drug-likeness (QED) is 0.485. The normalized spacial score (nSPS) is 11.6. The fourth-order valence-corrected chi connectivity index (χ4v) is 5.44. The van der Waals surface area contributed by atoms with Crippen LogP contribution in [0.3, 0.4) is 0 Å². The van der Waals surface area contributed by atoms with Gasteiger partial charge in [-0.25, -0.2) is 18.4 Å². The van der Waals surface area contributed by atoms with E-state index in [1.165, 1.54) is 46.9 Å². The fourth-order valence-electron chi connectivity index (χ4n) is 2.46. The van der Waals surface area contributed by atoms with E-state index >= 15 is 0 Å². The molecule has 1 amide bonds. The smallest absolute Gasteiger partial charge is 0.241 e. The lowest BCUT2D eigenvalue weighted by Crippen LogP contribution is -2.22. The second kappa shape index (κ2) is 7.59. The van der Waals surface area contributed by atoms with E-state index in [1.54, 1.807) is 5.38 Å². The maximum absolute atomic E-state index is 12.3. The number of fused-ring (bicyclic) bond motifs is 1. The Balaban J connectivity index is 1.47. The van der Waals surface area contributed by atoms with Crippen molar-refractivity contribution in [2.24, 2.45) is 0 Å². The van der Waals surface area contributed by atoms with Gasteiger partial charge in [-0.1, -0.05) is 23.7 Å². The van der Waals surface area contributed by atoms with E-state index in [1.807, 2.05) is 24.3 Å². The highest BCUT2D eigenvalue weighted by molar-refractivity contribution is 7.92. The maximum atomic E-state index is 12.3. The molecule has 10 heteroatoms. The molecule has 142 valence electrons. The molecule has 2 aromatic heterocycles. The van der Waals surface area contributed by atoms with E-state index in [0.29, 0.717) is 15.8 Å². The molecule has 0 radical (unpaired) electrons. The minimum atomic E-state index is -3.76. The highest BCUT2D eigenvalue weighted by Crippen LogP contribution is 2.31. The van der Waals surface area contributed by atoms with Crippen molar-refractivity contribution in [3.8, 4) is 10.7 Å². The average Bonchev–Trinajstić information content (AvgIpc) is 3.28. The second-order valence-corrected chi connectivity index (χ2v) is 10.1. The number of sulfone groups is 1. The Morgan fingerprint density at radius 3 is 2.57 bits per heavy atom. The molecule has 0 saturated carbocycles. The molecule has 0 fully saturated rings. The van der Waals surface area contributed by atoms with Crippen LogP contribution in [0.2, 0.25) is 5.02 Å². The summed E-state index contributed by atoms with van der Waals surface area (Å²) in [5, 5.41) is 5.81. The predicted molar refractivity (Wildman–Crippen MR) is 113 cm³/mol. The summed E-state index contributed by atoms with van der Waals surface area (Å²) in [5.74, 6) is -1.33. The summed E-state index contributed by atoms with van der Waals surface area (Å²) in [5.41, 5.74) is 1.53. The number of benzene rings is 2. The van der Waals surface area contributed by atoms with Crippen LogP contribution in [-0.4, -0.2) is 30.0 Å². The zero-order chi connectivity index (χ0) is 19.7. The standard InChI is InChI=1S/C18H12ClN3O3S3/c19-11-5-7-12(8-6-11)28(24,25)10-16(23)22-18-21-14(9-26-18)17-20-13-3-1-2-4-15(13)27-17/h1-9H,10H2,(H,21,22,23). The van der Waals surface area contributed by atoms with E-state index in [0.717, 1.165) is 15.2 Å². The third-order valence-corrected chi connectivity index (χ3v) is 7.46. The van der Waals surface area contributed by atoms with E-state index in [2.05, 4.69) is 15.3 Å². The van der Waals surface area contributed by atoms with Crippen LogP contribution in [0.1, 0.15) is 0 Å². The maximum Gasteiger partial charge on any atom is 0.241 e. The monoisotopic (exact) mass is 449 g/mol. The molecule has 28 heavy (non-hydrogen) atoms. The van der Waals surface area contributed by atoms with Gasteiger partial charge in [-0.3, -0.25) is 4.79 Å². The molecule has 1 N–H and O–H groups in total. The van der Waals surface area contributed by atoms with Crippen LogP contribution >= 0.6 is 34.3 Å². The van der Waals surface area contributed by atoms with Crippen LogP contribution in [0.5, 0.6) is 0 Å². The fraction of sp³-hybridized carbons (Fsp3) is 0.0556. The predicted octanol–water partition coefficient (Wildman–Crippen LogP) is 4.49. The first kappa shape index (κ1) is 19.0. The molecule has 6 nitrogen and oxygen atoms in total. The number of halogens is 1. The summed E-state index contributed by atoms with van der Waals surface area (Å²) >= 11 is 8.49. The van der Waals surface area contributed by atoms with Gasteiger partial charge in [-0.15, -0.1) is 22.7 Å². The summed E-state index contributed by atoms with van der Waals surface area (Å²) in [4.78, 5) is 21.1. The topological polar surface area (TPSA) is 89.0 Å². The molecule has 0 saturated heterocycles. The van der Waals surface area contributed by atoms with Crippen LogP contribution < -0.4 is 5.32 Å². The average molecular weight is 450 g/mol. The summed E-state index contributed by atoms with van der Waals surface area (Å²) in [6, 6.07) is 13.4. The Labute approximate surface area is 173 Å². The molecule has 4 rings (SSSR count). The zero-order valence-corrected chi connectivity index (χ0v) is 17.3. The number of nitrogens with zero attached hydrogens (tertiary/aromatic N) is 2. The van der Waals surface area contributed by atoms with E-state index in [9.17, 15) is 13.2 Å². The lowest BCUT2D eigenvalue weighted by molar-refractivity contribution is -0.113. The van der Waals surface area contributed by atoms with Crippen molar-refractivity contribution in [3.05, 3.63) is 58.9 Å². The molecule has 2 aromatic carbocycles. The van der Waals surface area contributed by atoms with Crippen LogP contribution in [0.25, 0.3) is 20.9 Å². The van der Waals surface area contributed by atoms with Gasteiger partial charge in [0.1, 0.15) is 16.5 Å². The lowest BCUT2D eigenvalue weighted by atomic mass is 10.3. The highest BCUT2D eigenvalue weighted by Gasteiger charge is 2.20. The Morgan fingerprint density at radius 2 is 1.82 bits per heavy atom. The van der Waals surface area contributed by atoms with Crippen molar-refractivity contribution in [3.63, 3.8) is 0 Å². The number of thiazole rings is 2. The van der Waals surface area contributed by atoms with E-state index in [-0.39, 0.29) is 4.90 Å². The van der Waals surface area contributed by atoms with E-state index in [4.69, 9.17) is 11.6 Å². The van der Waals surface area contributed by atoms with E-state index < -0.39 is 21.5 Å². The number of aromatic nitrogens is 2. The molecule has 2 heterocycles. The van der Waals surface area contributed by atoms with Crippen molar-refractivity contribution in [1.82, 2.24) is 9.97 Å². The number of para-hydroxylation sites is 1. The molecule has 0 aliphatic carbocycles. The van der Waals surface area contributed by atoms with Gasteiger partial charge in [0.2, 0.25) is 5.91 Å². The Morgan fingerprint density at radius 1 is 1.07 bits per heavy atom. The number of nitrogens with one attached hydrogen (secondary N) is 1. The van der Waals surface area contributed by atoms with Crippen LogP contribution in [0, 0.1) is 0 Å². The first-order valence-corrected chi connectivity index (χ1v) is 11.7. The summed E-state index contributed by atoms with van der Waals surface area (Å²) < 4.78 is 25.7. The van der Waals surface area contributed by atoms with Crippen LogP contribution in [0.15, 0.2) is 58.8 Å². The first-order valence-electron chi connectivity index (χ1n) is 8.00. The van der Waals surface area contributed by atoms with Gasteiger partial charge in [0.25, 0.3) is 0 Å². The third-order valence-electron chi connectivity index (χ3n) is 3.76. The van der Waals surface area contributed by atoms with Gasteiger partial charge in [0.05, 0.1) is 15.1 Å². The molecule has 0 bridgehead atoms. The molecule has 0 spiro atoms. The molecular weight excluding hydrogens is 438 g/mol. The highest BCUT2D eigenvalue weighted by atomic mass is 35.5. The largest absolute Gasteiger partial charge is 0.301 e. The molecule has 0 unspecified atom stereocenters. The number of hydrogen-bond acceptors (Lipinski definition) is 7. The van der Waals surface area contributed by atoms with Crippen molar-refractivity contribution in [2.75, 3.05) is 11.1 Å². The second-order valence-electron chi connectivity index (χ2n) is 5.79. The van der Waals surface area contributed by atoms with Crippen LogP contribution in [0.4, 0.5) is 5.13 Å². The number of anilines is 1. The Kier molecular flexibility index (Phi) is 5.15. The lowest BCUT2D eigenvalue weighted by Gasteiger charge is -2.04. The molecular formula is C18H12ClN3O3S3. The summed E-state index contributed by atoms with van der Waals surface area (Å²) in [6.45, 7) is 0. The number of amides is 1. The Hall–Kier alpha value is -2.33. The van der Waals surface area contributed by atoms with Crippen LogP contribution in [-0.2, 0) is 14.6 Å².